The fourth-order valence-corrected chi connectivity index (χ4v) is 2.45. The lowest BCUT2D eigenvalue weighted by Crippen LogP contribution is -2.25. The number of aryl methyl sites for hydroxylation is 1. The number of ether oxygens (including phenoxy) is 1. The number of hydrogen-bond donors (Lipinski definition) is 1. The lowest BCUT2D eigenvalue weighted by molar-refractivity contribution is -0.144. The maximum atomic E-state index is 12.3. The van der Waals surface area contributed by atoms with Crippen molar-refractivity contribution in [1.82, 2.24) is 9.55 Å². The zero-order valence-corrected chi connectivity index (χ0v) is 13.6. The highest BCUT2D eigenvalue weighted by Crippen LogP contribution is 2.27. The predicted octanol–water partition coefficient (Wildman–Crippen LogP) is 3.38. The molecular formula is C15H18BrN3O2. The van der Waals surface area contributed by atoms with Gasteiger partial charge in [-0.25, -0.2) is 9.78 Å². The zero-order valence-electron chi connectivity index (χ0n) is 12.0. The van der Waals surface area contributed by atoms with Gasteiger partial charge in [0.15, 0.2) is 6.04 Å². The highest BCUT2D eigenvalue weighted by molar-refractivity contribution is 9.10. The van der Waals surface area contributed by atoms with E-state index in [1.165, 1.54) is 0 Å². The molecule has 0 spiro atoms. The maximum Gasteiger partial charge on any atom is 0.334 e. The molecule has 6 heteroatoms. The van der Waals surface area contributed by atoms with Crippen molar-refractivity contribution in [2.24, 2.45) is 0 Å². The van der Waals surface area contributed by atoms with Crippen molar-refractivity contribution in [2.75, 3.05) is 11.9 Å². The summed E-state index contributed by atoms with van der Waals surface area (Å²) in [5, 5.41) is 3.23. The number of rotatable bonds is 6. The average molecular weight is 352 g/mol. The monoisotopic (exact) mass is 351 g/mol. The van der Waals surface area contributed by atoms with Crippen LogP contribution in [0.2, 0.25) is 0 Å². The third kappa shape index (κ3) is 3.64. The molecule has 0 aliphatic rings. The first-order chi connectivity index (χ1) is 10.2. The van der Waals surface area contributed by atoms with Crippen LogP contribution in [0.5, 0.6) is 0 Å². The molecule has 0 aliphatic heterocycles. The molecule has 2 rings (SSSR count). The number of hydrogen-bond acceptors (Lipinski definition) is 4. The number of nitrogens with zero attached hydrogens (tertiary/aromatic N) is 2. The van der Waals surface area contributed by atoms with E-state index in [0.29, 0.717) is 6.61 Å². The smallest absolute Gasteiger partial charge is 0.334 e. The van der Waals surface area contributed by atoms with Crippen molar-refractivity contribution in [2.45, 2.75) is 26.4 Å². The number of para-hydroxylation sites is 1. The third-order valence-corrected chi connectivity index (χ3v) is 3.77. The molecule has 1 heterocycles. The molecule has 1 aromatic carbocycles. The van der Waals surface area contributed by atoms with E-state index in [1.807, 2.05) is 35.8 Å². The van der Waals surface area contributed by atoms with Gasteiger partial charge in [0, 0.05) is 16.7 Å². The van der Waals surface area contributed by atoms with Crippen molar-refractivity contribution in [3.63, 3.8) is 0 Å². The normalized spacial score (nSPS) is 12.0. The SMILES string of the molecule is CCOC(=O)C(Nc1ccccc1Br)c1cncn1CC. The third-order valence-electron chi connectivity index (χ3n) is 3.08. The number of carbonyl (C=O) groups excluding carboxylic acids is 1. The van der Waals surface area contributed by atoms with Gasteiger partial charge in [0.1, 0.15) is 0 Å². The molecule has 1 atom stereocenters. The lowest BCUT2D eigenvalue weighted by Gasteiger charge is -2.20. The Morgan fingerprint density at radius 1 is 1.43 bits per heavy atom. The number of esters is 1. The summed E-state index contributed by atoms with van der Waals surface area (Å²) in [5.41, 5.74) is 1.62. The largest absolute Gasteiger partial charge is 0.464 e. The molecule has 0 aliphatic carbocycles. The van der Waals surface area contributed by atoms with Crippen LogP contribution in [0, 0.1) is 0 Å². The van der Waals surface area contributed by atoms with Crippen LogP contribution in [0.4, 0.5) is 5.69 Å². The molecule has 1 N–H and O–H groups in total. The van der Waals surface area contributed by atoms with Crippen molar-refractivity contribution >= 4 is 27.6 Å². The number of anilines is 1. The van der Waals surface area contributed by atoms with Crippen LogP contribution < -0.4 is 5.32 Å². The Bertz CT molecular complexity index is 612. The summed E-state index contributed by atoms with van der Waals surface area (Å²) in [6, 6.07) is 7.06. The second-order valence-corrected chi connectivity index (χ2v) is 5.27. The maximum absolute atomic E-state index is 12.3. The van der Waals surface area contributed by atoms with E-state index in [1.54, 1.807) is 19.4 Å². The molecule has 0 bridgehead atoms. The summed E-state index contributed by atoms with van der Waals surface area (Å²) in [7, 11) is 0. The Kier molecular flexibility index (Phi) is 5.38. The molecule has 2 aromatic rings. The van der Waals surface area contributed by atoms with Gasteiger partial charge in [0.05, 0.1) is 24.8 Å². The van der Waals surface area contributed by atoms with Gasteiger partial charge in [-0.15, -0.1) is 0 Å². The number of imidazole rings is 1. The van der Waals surface area contributed by atoms with Gasteiger partial charge in [0.2, 0.25) is 0 Å². The Labute approximate surface area is 132 Å². The molecule has 21 heavy (non-hydrogen) atoms. The van der Waals surface area contributed by atoms with Crippen LogP contribution in [0.1, 0.15) is 25.6 Å². The van der Waals surface area contributed by atoms with Crippen molar-refractivity contribution < 1.29 is 9.53 Å². The van der Waals surface area contributed by atoms with Crippen LogP contribution in [0.3, 0.4) is 0 Å². The summed E-state index contributed by atoms with van der Waals surface area (Å²) >= 11 is 3.47. The minimum atomic E-state index is -0.592. The van der Waals surface area contributed by atoms with Crippen molar-refractivity contribution in [1.29, 1.82) is 0 Å². The Morgan fingerprint density at radius 2 is 2.19 bits per heavy atom. The summed E-state index contributed by atoms with van der Waals surface area (Å²) in [4.78, 5) is 16.4. The fourth-order valence-electron chi connectivity index (χ4n) is 2.05. The first kappa shape index (κ1) is 15.6. The van der Waals surface area contributed by atoms with Crippen LogP contribution in [0.15, 0.2) is 41.3 Å². The molecule has 0 saturated heterocycles. The van der Waals surface area contributed by atoms with E-state index in [4.69, 9.17) is 4.74 Å². The summed E-state index contributed by atoms with van der Waals surface area (Å²) in [6.45, 7) is 4.88. The topological polar surface area (TPSA) is 56.1 Å². The minimum absolute atomic E-state index is 0.316. The van der Waals surface area contributed by atoms with Crippen molar-refractivity contribution in [3.8, 4) is 0 Å². The second kappa shape index (κ2) is 7.26. The number of halogens is 1. The summed E-state index contributed by atoms with van der Waals surface area (Å²) < 4.78 is 7.99. The van der Waals surface area contributed by atoms with Gasteiger partial charge in [-0.05, 0) is 41.9 Å². The number of aromatic nitrogens is 2. The van der Waals surface area contributed by atoms with Gasteiger partial charge in [-0.1, -0.05) is 12.1 Å². The molecule has 0 saturated carbocycles. The predicted molar refractivity (Wildman–Crippen MR) is 85.0 cm³/mol. The van der Waals surface area contributed by atoms with E-state index in [0.717, 1.165) is 22.4 Å². The highest BCUT2D eigenvalue weighted by Gasteiger charge is 2.25. The van der Waals surface area contributed by atoms with Crippen LogP contribution >= 0.6 is 15.9 Å². The number of benzene rings is 1. The Balaban J connectivity index is 2.33. The van der Waals surface area contributed by atoms with Gasteiger partial charge < -0.3 is 14.6 Å². The van der Waals surface area contributed by atoms with E-state index in [2.05, 4.69) is 26.2 Å². The van der Waals surface area contributed by atoms with E-state index in [-0.39, 0.29) is 5.97 Å². The molecule has 0 fully saturated rings. The highest BCUT2D eigenvalue weighted by atomic mass is 79.9. The molecule has 0 amide bonds. The van der Waals surface area contributed by atoms with E-state index >= 15 is 0 Å². The zero-order chi connectivity index (χ0) is 15.2. The first-order valence-corrected chi connectivity index (χ1v) is 7.64. The molecule has 5 nitrogen and oxygen atoms in total. The number of nitrogens with one attached hydrogen (secondary N) is 1. The second-order valence-electron chi connectivity index (χ2n) is 4.41. The summed E-state index contributed by atoms with van der Waals surface area (Å²) in [6.07, 6.45) is 3.40. The molecular weight excluding hydrogens is 334 g/mol. The quantitative estimate of drug-likeness (QED) is 0.810. The summed E-state index contributed by atoms with van der Waals surface area (Å²) in [5.74, 6) is -0.316. The Hall–Kier alpha value is -1.82. The molecule has 112 valence electrons. The lowest BCUT2D eigenvalue weighted by atomic mass is 10.2. The van der Waals surface area contributed by atoms with E-state index < -0.39 is 6.04 Å². The molecule has 1 unspecified atom stereocenters. The van der Waals surface area contributed by atoms with Gasteiger partial charge >= 0.3 is 5.97 Å². The van der Waals surface area contributed by atoms with Crippen LogP contribution in [0.25, 0.3) is 0 Å². The molecule has 0 radical (unpaired) electrons. The van der Waals surface area contributed by atoms with Gasteiger partial charge in [0.25, 0.3) is 0 Å². The van der Waals surface area contributed by atoms with E-state index in [9.17, 15) is 4.79 Å². The van der Waals surface area contributed by atoms with Gasteiger partial charge in [-0.3, -0.25) is 0 Å². The van der Waals surface area contributed by atoms with Crippen LogP contribution in [-0.2, 0) is 16.1 Å². The first-order valence-electron chi connectivity index (χ1n) is 6.85. The fraction of sp³-hybridized carbons (Fsp3) is 0.333. The minimum Gasteiger partial charge on any atom is -0.464 e. The molecule has 1 aromatic heterocycles. The Morgan fingerprint density at radius 3 is 2.86 bits per heavy atom. The van der Waals surface area contributed by atoms with Crippen molar-refractivity contribution in [3.05, 3.63) is 47.0 Å². The number of carbonyl (C=O) groups is 1. The standard InChI is InChI=1S/C15H18BrN3O2/c1-3-19-10-17-9-13(19)14(15(20)21-4-2)18-12-8-6-5-7-11(12)16/h5-10,14,18H,3-4H2,1-2H3. The van der Waals surface area contributed by atoms with Gasteiger partial charge in [-0.2, -0.15) is 0 Å². The average Bonchev–Trinajstić information content (AvgIpc) is 2.94. The van der Waals surface area contributed by atoms with Crippen LogP contribution in [-0.4, -0.2) is 22.1 Å².